The molecule has 0 bridgehead atoms. The monoisotopic (exact) mass is 383 g/mol. The maximum Gasteiger partial charge on any atom is 0.247 e. The van der Waals surface area contributed by atoms with Gasteiger partial charge in [-0.15, -0.1) is 0 Å². The summed E-state index contributed by atoms with van der Waals surface area (Å²) in [6.07, 6.45) is 6.14. The molecule has 0 atom stereocenters. The van der Waals surface area contributed by atoms with Crippen LogP contribution in [-0.2, 0) is 11.3 Å². The first-order chi connectivity index (χ1) is 13.6. The summed E-state index contributed by atoms with van der Waals surface area (Å²) in [6.45, 7) is 2.95. The van der Waals surface area contributed by atoms with Gasteiger partial charge in [-0.2, -0.15) is 0 Å². The number of amides is 1. The van der Waals surface area contributed by atoms with Crippen LogP contribution in [0.5, 0.6) is 11.5 Å². The van der Waals surface area contributed by atoms with Crippen LogP contribution in [0.25, 0.3) is 6.08 Å². The number of ether oxygens (including phenoxy) is 2. The maximum atomic E-state index is 14.0. The Bertz CT molecular complexity index is 845. The van der Waals surface area contributed by atoms with Gasteiger partial charge in [0, 0.05) is 24.2 Å². The second-order valence-corrected chi connectivity index (χ2v) is 6.88. The smallest absolute Gasteiger partial charge is 0.247 e. The van der Waals surface area contributed by atoms with E-state index in [1.807, 2.05) is 25.1 Å². The van der Waals surface area contributed by atoms with Crippen LogP contribution < -0.4 is 9.47 Å². The fraction of sp³-hybridized carbons (Fsp3) is 0.348. The molecular weight excluding hydrogens is 357 g/mol. The average molecular weight is 383 g/mol. The molecule has 1 aliphatic carbocycles. The van der Waals surface area contributed by atoms with Gasteiger partial charge in [0.2, 0.25) is 5.91 Å². The third kappa shape index (κ3) is 5.12. The van der Waals surface area contributed by atoms with E-state index in [2.05, 4.69) is 0 Å². The highest BCUT2D eigenvalue weighted by atomic mass is 19.1. The Labute approximate surface area is 165 Å². The number of hydrogen-bond donors (Lipinski definition) is 0. The molecule has 0 unspecified atom stereocenters. The Morgan fingerprint density at radius 3 is 2.68 bits per heavy atom. The van der Waals surface area contributed by atoms with Gasteiger partial charge >= 0.3 is 0 Å². The van der Waals surface area contributed by atoms with Crippen LogP contribution in [0.1, 0.15) is 37.3 Å². The van der Waals surface area contributed by atoms with Gasteiger partial charge in [-0.1, -0.05) is 31.2 Å². The molecule has 1 fully saturated rings. The van der Waals surface area contributed by atoms with Gasteiger partial charge in [0.1, 0.15) is 5.82 Å². The van der Waals surface area contributed by atoms with Crippen molar-refractivity contribution in [3.8, 4) is 11.5 Å². The van der Waals surface area contributed by atoms with Gasteiger partial charge in [-0.3, -0.25) is 4.79 Å². The number of methoxy groups -OCH3 is 1. The number of nitrogens with zero attached hydrogens (tertiary/aromatic N) is 1. The molecular formula is C23H26FNO3. The number of benzene rings is 2. The molecule has 2 aromatic carbocycles. The minimum atomic E-state index is -0.280. The SMILES string of the molecule is CCCOc1ccc(/C=C/C(=O)N(Cc2ccccc2F)C2CC2)cc1OC. The minimum Gasteiger partial charge on any atom is -0.493 e. The maximum absolute atomic E-state index is 14.0. The predicted molar refractivity (Wildman–Crippen MR) is 108 cm³/mol. The fourth-order valence-electron chi connectivity index (χ4n) is 2.97. The van der Waals surface area contributed by atoms with Gasteiger partial charge in [0.05, 0.1) is 13.7 Å². The van der Waals surface area contributed by atoms with E-state index in [1.54, 1.807) is 42.4 Å². The third-order valence-corrected chi connectivity index (χ3v) is 4.64. The molecule has 0 spiro atoms. The third-order valence-electron chi connectivity index (χ3n) is 4.64. The molecule has 2 aromatic rings. The fourth-order valence-corrected chi connectivity index (χ4v) is 2.97. The van der Waals surface area contributed by atoms with E-state index in [1.165, 1.54) is 6.07 Å². The lowest BCUT2D eigenvalue weighted by atomic mass is 10.1. The van der Waals surface area contributed by atoms with E-state index >= 15 is 0 Å². The van der Waals surface area contributed by atoms with Crippen LogP contribution in [0.2, 0.25) is 0 Å². The summed E-state index contributed by atoms with van der Waals surface area (Å²) >= 11 is 0. The molecule has 1 amide bonds. The van der Waals surface area contributed by atoms with E-state index in [-0.39, 0.29) is 24.3 Å². The highest BCUT2D eigenvalue weighted by Crippen LogP contribution is 2.30. The zero-order valence-corrected chi connectivity index (χ0v) is 16.4. The molecule has 0 aliphatic heterocycles. The Morgan fingerprint density at radius 1 is 1.21 bits per heavy atom. The first kappa shape index (κ1) is 19.9. The van der Waals surface area contributed by atoms with E-state index in [0.717, 1.165) is 24.8 Å². The average Bonchev–Trinajstić information content (AvgIpc) is 3.55. The minimum absolute atomic E-state index is 0.115. The number of carbonyl (C=O) groups excluding carboxylic acids is 1. The first-order valence-corrected chi connectivity index (χ1v) is 9.65. The van der Waals surface area contributed by atoms with Gasteiger partial charge in [-0.25, -0.2) is 4.39 Å². The second-order valence-electron chi connectivity index (χ2n) is 6.88. The quantitative estimate of drug-likeness (QED) is 0.582. The van der Waals surface area contributed by atoms with Crippen molar-refractivity contribution in [1.82, 2.24) is 4.90 Å². The molecule has 3 rings (SSSR count). The van der Waals surface area contributed by atoms with Crippen LogP contribution in [0.3, 0.4) is 0 Å². The molecule has 0 aromatic heterocycles. The Kier molecular flexibility index (Phi) is 6.69. The Morgan fingerprint density at radius 2 is 2.00 bits per heavy atom. The molecule has 148 valence electrons. The van der Waals surface area contributed by atoms with Crippen molar-refractivity contribution in [2.45, 2.75) is 38.8 Å². The van der Waals surface area contributed by atoms with Crippen LogP contribution in [0, 0.1) is 5.82 Å². The molecule has 0 radical (unpaired) electrons. The summed E-state index contributed by atoms with van der Waals surface area (Å²) in [5, 5.41) is 0. The highest BCUT2D eigenvalue weighted by Gasteiger charge is 2.32. The summed E-state index contributed by atoms with van der Waals surface area (Å²) in [5.41, 5.74) is 1.38. The van der Waals surface area contributed by atoms with E-state index in [0.29, 0.717) is 23.7 Å². The molecule has 0 N–H and O–H groups in total. The van der Waals surface area contributed by atoms with E-state index in [9.17, 15) is 9.18 Å². The molecule has 1 saturated carbocycles. The predicted octanol–water partition coefficient (Wildman–Crippen LogP) is 4.83. The topological polar surface area (TPSA) is 38.8 Å². The lowest BCUT2D eigenvalue weighted by Gasteiger charge is -2.21. The van der Waals surface area contributed by atoms with Gasteiger partial charge in [0.15, 0.2) is 11.5 Å². The summed E-state index contributed by atoms with van der Waals surface area (Å²) in [7, 11) is 1.59. The van der Waals surface area contributed by atoms with Crippen LogP contribution >= 0.6 is 0 Å². The van der Waals surface area contributed by atoms with E-state index < -0.39 is 0 Å². The molecule has 0 heterocycles. The molecule has 1 aliphatic rings. The van der Waals surface area contributed by atoms with Crippen molar-refractivity contribution in [3.63, 3.8) is 0 Å². The first-order valence-electron chi connectivity index (χ1n) is 9.65. The normalized spacial score (nSPS) is 13.5. The van der Waals surface area contributed by atoms with Crippen molar-refractivity contribution < 1.29 is 18.7 Å². The standard InChI is InChI=1S/C23H26FNO3/c1-3-14-28-21-12-8-17(15-22(21)27-2)9-13-23(26)25(19-10-11-19)16-18-6-4-5-7-20(18)24/h4-9,12-13,15,19H,3,10-11,14,16H2,1-2H3/b13-9+. The van der Waals surface area contributed by atoms with Crippen molar-refractivity contribution >= 4 is 12.0 Å². The lowest BCUT2D eigenvalue weighted by Crippen LogP contribution is -2.31. The van der Waals surface area contributed by atoms with Gasteiger partial charge in [-0.05, 0) is 49.1 Å². The zero-order valence-electron chi connectivity index (χ0n) is 16.4. The number of hydrogen-bond acceptors (Lipinski definition) is 3. The Hall–Kier alpha value is -2.82. The van der Waals surface area contributed by atoms with Crippen LogP contribution in [0.15, 0.2) is 48.5 Å². The van der Waals surface area contributed by atoms with Crippen LogP contribution in [-0.4, -0.2) is 30.6 Å². The molecule has 5 heteroatoms. The molecule has 4 nitrogen and oxygen atoms in total. The summed E-state index contributed by atoms with van der Waals surface area (Å²) in [4.78, 5) is 14.5. The highest BCUT2D eigenvalue weighted by molar-refractivity contribution is 5.92. The van der Waals surface area contributed by atoms with Gasteiger partial charge in [0.25, 0.3) is 0 Å². The molecule has 0 saturated heterocycles. The van der Waals surface area contributed by atoms with Crippen molar-refractivity contribution in [3.05, 3.63) is 65.5 Å². The Balaban J connectivity index is 1.71. The largest absolute Gasteiger partial charge is 0.493 e. The number of halogens is 1. The van der Waals surface area contributed by atoms with Crippen molar-refractivity contribution in [2.75, 3.05) is 13.7 Å². The van der Waals surface area contributed by atoms with Crippen molar-refractivity contribution in [2.24, 2.45) is 0 Å². The summed E-state index contributed by atoms with van der Waals surface area (Å²) in [6, 6.07) is 12.4. The lowest BCUT2D eigenvalue weighted by molar-refractivity contribution is -0.127. The van der Waals surface area contributed by atoms with E-state index in [4.69, 9.17) is 9.47 Å². The summed E-state index contributed by atoms with van der Waals surface area (Å²) in [5.74, 6) is 0.925. The van der Waals surface area contributed by atoms with Gasteiger partial charge < -0.3 is 14.4 Å². The van der Waals surface area contributed by atoms with Crippen molar-refractivity contribution in [1.29, 1.82) is 0 Å². The zero-order chi connectivity index (χ0) is 19.9. The summed E-state index contributed by atoms with van der Waals surface area (Å²) < 4.78 is 25.0. The second kappa shape index (κ2) is 9.40. The number of carbonyl (C=O) groups is 1. The molecule has 28 heavy (non-hydrogen) atoms. The van der Waals surface area contributed by atoms with Crippen LogP contribution in [0.4, 0.5) is 4.39 Å². The number of rotatable bonds is 9.